The van der Waals surface area contributed by atoms with Gasteiger partial charge < -0.3 is 5.11 Å². The number of aliphatic hydroxyl groups excluding tert-OH is 1. The lowest BCUT2D eigenvalue weighted by molar-refractivity contribution is 0.215. The predicted molar refractivity (Wildman–Crippen MR) is 56.1 cm³/mol. The van der Waals surface area contributed by atoms with E-state index in [1.54, 1.807) is 6.07 Å². The van der Waals surface area contributed by atoms with E-state index in [4.69, 9.17) is 0 Å². The van der Waals surface area contributed by atoms with Gasteiger partial charge in [-0.05, 0) is 18.1 Å². The summed E-state index contributed by atoms with van der Waals surface area (Å²) in [6.07, 6.45) is -0.989. The van der Waals surface area contributed by atoms with Crippen LogP contribution in [0.1, 0.15) is 38.1 Å². The Bertz CT molecular complexity index is 305. The molecule has 14 heavy (non-hydrogen) atoms. The third-order valence-corrected chi connectivity index (χ3v) is 2.51. The topological polar surface area (TPSA) is 20.2 Å². The molecule has 1 nitrogen and oxygen atoms in total. The van der Waals surface area contributed by atoms with Crippen molar-refractivity contribution in [2.45, 2.75) is 32.4 Å². The third kappa shape index (κ3) is 2.13. The standard InChI is InChI=1S/C12H17FO/c1-9(13)10-6-4-5-7-11(10)12(2,3)8-14/h4-7,9,14H,8H2,1-3H3. The van der Waals surface area contributed by atoms with Crippen LogP contribution in [0.3, 0.4) is 0 Å². The van der Waals surface area contributed by atoms with E-state index in [9.17, 15) is 9.50 Å². The summed E-state index contributed by atoms with van der Waals surface area (Å²) in [4.78, 5) is 0. The van der Waals surface area contributed by atoms with Crippen LogP contribution in [0.5, 0.6) is 0 Å². The molecule has 78 valence electrons. The minimum Gasteiger partial charge on any atom is -0.395 e. The highest BCUT2D eigenvalue weighted by atomic mass is 19.1. The third-order valence-electron chi connectivity index (χ3n) is 2.51. The maximum absolute atomic E-state index is 13.3. The van der Waals surface area contributed by atoms with Crippen LogP contribution in [-0.2, 0) is 5.41 Å². The molecule has 0 aromatic heterocycles. The Labute approximate surface area is 84.6 Å². The van der Waals surface area contributed by atoms with Crippen molar-refractivity contribution in [1.82, 2.24) is 0 Å². The highest BCUT2D eigenvalue weighted by Gasteiger charge is 2.23. The molecule has 1 unspecified atom stereocenters. The van der Waals surface area contributed by atoms with E-state index in [2.05, 4.69) is 0 Å². The second-order valence-electron chi connectivity index (χ2n) is 4.25. The zero-order valence-electron chi connectivity index (χ0n) is 8.92. The van der Waals surface area contributed by atoms with Crippen molar-refractivity contribution in [2.24, 2.45) is 0 Å². The van der Waals surface area contributed by atoms with Gasteiger partial charge in [-0.3, -0.25) is 0 Å². The fraction of sp³-hybridized carbons (Fsp3) is 0.500. The van der Waals surface area contributed by atoms with Crippen molar-refractivity contribution in [1.29, 1.82) is 0 Å². The van der Waals surface area contributed by atoms with Crippen LogP contribution in [0.2, 0.25) is 0 Å². The maximum atomic E-state index is 13.3. The van der Waals surface area contributed by atoms with E-state index in [-0.39, 0.29) is 12.0 Å². The number of hydrogen-bond donors (Lipinski definition) is 1. The van der Waals surface area contributed by atoms with Gasteiger partial charge in [0.05, 0.1) is 6.61 Å². The minimum atomic E-state index is -0.989. The first kappa shape index (κ1) is 11.2. The fourth-order valence-corrected chi connectivity index (χ4v) is 1.55. The Morgan fingerprint density at radius 1 is 1.36 bits per heavy atom. The molecule has 2 heteroatoms. The van der Waals surface area contributed by atoms with E-state index in [0.29, 0.717) is 5.56 Å². The molecular formula is C12H17FO. The number of halogens is 1. The largest absolute Gasteiger partial charge is 0.395 e. The first-order valence-corrected chi connectivity index (χ1v) is 4.83. The lowest BCUT2D eigenvalue weighted by atomic mass is 9.81. The van der Waals surface area contributed by atoms with Gasteiger partial charge in [0.2, 0.25) is 0 Å². The molecule has 0 aliphatic rings. The van der Waals surface area contributed by atoms with E-state index >= 15 is 0 Å². The molecule has 1 rings (SSSR count). The van der Waals surface area contributed by atoms with Gasteiger partial charge in [-0.2, -0.15) is 0 Å². The second-order valence-corrected chi connectivity index (χ2v) is 4.25. The van der Waals surface area contributed by atoms with Crippen LogP contribution < -0.4 is 0 Å². The number of rotatable bonds is 3. The Morgan fingerprint density at radius 2 is 1.93 bits per heavy atom. The number of hydrogen-bond acceptors (Lipinski definition) is 1. The summed E-state index contributed by atoms with van der Waals surface area (Å²) in [5.74, 6) is 0. The quantitative estimate of drug-likeness (QED) is 0.788. The van der Waals surface area contributed by atoms with E-state index in [1.807, 2.05) is 32.0 Å². The fourth-order valence-electron chi connectivity index (χ4n) is 1.55. The van der Waals surface area contributed by atoms with Crippen molar-refractivity contribution < 1.29 is 9.50 Å². The Morgan fingerprint density at radius 3 is 2.43 bits per heavy atom. The molecule has 1 atom stereocenters. The van der Waals surface area contributed by atoms with Gasteiger partial charge in [0.15, 0.2) is 0 Å². The summed E-state index contributed by atoms with van der Waals surface area (Å²) in [5, 5.41) is 9.23. The molecular weight excluding hydrogens is 179 g/mol. The second kappa shape index (κ2) is 4.09. The Hall–Kier alpha value is -0.890. The van der Waals surface area contributed by atoms with Crippen molar-refractivity contribution in [3.8, 4) is 0 Å². The summed E-state index contributed by atoms with van der Waals surface area (Å²) in [6.45, 7) is 5.37. The van der Waals surface area contributed by atoms with Crippen molar-refractivity contribution >= 4 is 0 Å². The molecule has 0 heterocycles. The maximum Gasteiger partial charge on any atom is 0.123 e. The molecule has 1 aromatic carbocycles. The van der Waals surface area contributed by atoms with Crippen LogP contribution in [0.25, 0.3) is 0 Å². The van der Waals surface area contributed by atoms with Gasteiger partial charge in [0.1, 0.15) is 6.17 Å². The monoisotopic (exact) mass is 196 g/mol. The highest BCUT2D eigenvalue weighted by molar-refractivity contribution is 5.34. The van der Waals surface area contributed by atoms with E-state index in [1.165, 1.54) is 6.92 Å². The lowest BCUT2D eigenvalue weighted by Crippen LogP contribution is -2.24. The van der Waals surface area contributed by atoms with Crippen LogP contribution in [0.15, 0.2) is 24.3 Å². The van der Waals surface area contributed by atoms with Crippen molar-refractivity contribution in [3.05, 3.63) is 35.4 Å². The zero-order valence-corrected chi connectivity index (χ0v) is 8.92. The van der Waals surface area contributed by atoms with Gasteiger partial charge in [-0.1, -0.05) is 38.1 Å². The molecule has 0 fully saturated rings. The van der Waals surface area contributed by atoms with E-state index in [0.717, 1.165) is 5.56 Å². The molecule has 0 amide bonds. The first-order chi connectivity index (χ1) is 6.49. The summed E-state index contributed by atoms with van der Waals surface area (Å²) in [7, 11) is 0. The van der Waals surface area contributed by atoms with Gasteiger partial charge in [-0.15, -0.1) is 0 Å². The van der Waals surface area contributed by atoms with Crippen molar-refractivity contribution in [2.75, 3.05) is 6.61 Å². The van der Waals surface area contributed by atoms with Gasteiger partial charge in [0, 0.05) is 5.41 Å². The minimum absolute atomic E-state index is 0.0245. The summed E-state index contributed by atoms with van der Waals surface area (Å²) < 4.78 is 13.3. The van der Waals surface area contributed by atoms with Crippen LogP contribution in [0.4, 0.5) is 4.39 Å². The smallest absolute Gasteiger partial charge is 0.123 e. The number of benzene rings is 1. The van der Waals surface area contributed by atoms with Gasteiger partial charge in [-0.25, -0.2) is 4.39 Å². The molecule has 0 spiro atoms. The average Bonchev–Trinajstić information content (AvgIpc) is 2.18. The first-order valence-electron chi connectivity index (χ1n) is 4.83. The SMILES string of the molecule is CC(F)c1ccccc1C(C)(C)CO. The normalized spacial score (nSPS) is 14.1. The molecule has 1 N–H and O–H groups in total. The number of aliphatic hydroxyl groups is 1. The average molecular weight is 196 g/mol. The predicted octanol–water partition coefficient (Wildman–Crippen LogP) is 2.99. The summed E-state index contributed by atoms with van der Waals surface area (Å²) in [6, 6.07) is 7.35. The molecule has 0 saturated carbocycles. The molecule has 0 aliphatic carbocycles. The molecule has 0 saturated heterocycles. The lowest BCUT2D eigenvalue weighted by Gasteiger charge is -2.25. The van der Waals surface area contributed by atoms with Crippen LogP contribution in [0, 0.1) is 0 Å². The number of alkyl halides is 1. The van der Waals surface area contributed by atoms with Crippen LogP contribution >= 0.6 is 0 Å². The van der Waals surface area contributed by atoms with Crippen molar-refractivity contribution in [3.63, 3.8) is 0 Å². The summed E-state index contributed by atoms with van der Waals surface area (Å²) in [5.41, 5.74) is 1.18. The van der Waals surface area contributed by atoms with E-state index < -0.39 is 6.17 Å². The molecule has 0 aliphatic heterocycles. The van der Waals surface area contributed by atoms with Gasteiger partial charge >= 0.3 is 0 Å². The van der Waals surface area contributed by atoms with Crippen LogP contribution in [-0.4, -0.2) is 11.7 Å². The molecule has 0 radical (unpaired) electrons. The Balaban J connectivity index is 3.20. The highest BCUT2D eigenvalue weighted by Crippen LogP contribution is 2.30. The zero-order chi connectivity index (χ0) is 10.8. The van der Waals surface area contributed by atoms with Gasteiger partial charge in [0.25, 0.3) is 0 Å². The molecule has 0 bridgehead atoms. The Kier molecular flexibility index (Phi) is 3.27. The molecule has 1 aromatic rings. The summed E-state index contributed by atoms with van der Waals surface area (Å²) >= 11 is 0.